The number of anilines is 1. The van der Waals surface area contributed by atoms with Crippen molar-refractivity contribution in [3.8, 4) is 6.07 Å². The second-order valence-electron chi connectivity index (χ2n) is 3.17. The maximum Gasteiger partial charge on any atom is 0.146 e. The number of benzene rings is 1. The topological polar surface area (TPSA) is 35.8 Å². The third-order valence-corrected chi connectivity index (χ3v) is 1.91. The second-order valence-corrected chi connectivity index (χ2v) is 3.17. The predicted molar refractivity (Wildman–Crippen MR) is 54.5 cm³/mol. The minimum absolute atomic E-state index is 0.234. The highest BCUT2D eigenvalue weighted by atomic mass is 19.1. The molecule has 0 aliphatic rings. The number of nitrogens with one attached hydrogen (secondary N) is 1. The summed E-state index contributed by atoms with van der Waals surface area (Å²) >= 11 is 0. The standard InChI is InChI=1S/C11H13FN2/c1-9-4-5-11(10(12)8-9)14-7-3-2-6-13/h4-5,8,14H,2-3,7H2,1H3. The molecule has 0 amide bonds. The molecule has 0 spiro atoms. The van der Waals surface area contributed by atoms with Crippen LogP contribution >= 0.6 is 0 Å². The Kier molecular flexibility index (Phi) is 3.93. The minimum Gasteiger partial charge on any atom is -0.383 e. The molecule has 3 heteroatoms. The van der Waals surface area contributed by atoms with Crippen LogP contribution in [0.25, 0.3) is 0 Å². The van der Waals surface area contributed by atoms with Crippen molar-refractivity contribution in [1.29, 1.82) is 5.26 Å². The van der Waals surface area contributed by atoms with E-state index in [0.717, 1.165) is 12.0 Å². The van der Waals surface area contributed by atoms with E-state index >= 15 is 0 Å². The van der Waals surface area contributed by atoms with Crippen molar-refractivity contribution in [3.05, 3.63) is 29.6 Å². The summed E-state index contributed by atoms with van der Waals surface area (Å²) in [4.78, 5) is 0. The summed E-state index contributed by atoms with van der Waals surface area (Å²) < 4.78 is 13.2. The molecular formula is C11H13FN2. The van der Waals surface area contributed by atoms with Gasteiger partial charge in [0.25, 0.3) is 0 Å². The number of nitrogens with zero attached hydrogens (tertiary/aromatic N) is 1. The Hall–Kier alpha value is -1.56. The molecule has 1 aromatic carbocycles. The highest BCUT2D eigenvalue weighted by Crippen LogP contribution is 2.14. The lowest BCUT2D eigenvalue weighted by Crippen LogP contribution is -2.02. The number of unbranched alkanes of at least 4 members (excludes halogenated alkanes) is 1. The van der Waals surface area contributed by atoms with Gasteiger partial charge in [0.2, 0.25) is 0 Å². The van der Waals surface area contributed by atoms with Crippen LogP contribution in [0, 0.1) is 24.1 Å². The van der Waals surface area contributed by atoms with Gasteiger partial charge in [0.1, 0.15) is 5.82 Å². The van der Waals surface area contributed by atoms with Crippen molar-refractivity contribution in [2.75, 3.05) is 11.9 Å². The van der Waals surface area contributed by atoms with E-state index < -0.39 is 0 Å². The molecule has 0 aliphatic carbocycles. The Morgan fingerprint density at radius 2 is 2.29 bits per heavy atom. The van der Waals surface area contributed by atoms with Crippen molar-refractivity contribution >= 4 is 5.69 Å². The maximum atomic E-state index is 13.2. The number of hydrogen-bond donors (Lipinski definition) is 1. The quantitative estimate of drug-likeness (QED) is 0.744. The Morgan fingerprint density at radius 3 is 2.93 bits per heavy atom. The highest BCUT2D eigenvalue weighted by molar-refractivity contribution is 5.45. The molecule has 0 aliphatic heterocycles. The summed E-state index contributed by atoms with van der Waals surface area (Å²) in [6.45, 7) is 2.48. The van der Waals surface area contributed by atoms with Crippen LogP contribution < -0.4 is 5.32 Å². The van der Waals surface area contributed by atoms with Gasteiger partial charge in [-0.05, 0) is 31.0 Å². The van der Waals surface area contributed by atoms with Gasteiger partial charge in [0, 0.05) is 13.0 Å². The van der Waals surface area contributed by atoms with Gasteiger partial charge in [0.05, 0.1) is 11.8 Å². The average Bonchev–Trinajstić information content (AvgIpc) is 2.15. The zero-order valence-electron chi connectivity index (χ0n) is 8.18. The molecule has 14 heavy (non-hydrogen) atoms. The summed E-state index contributed by atoms with van der Waals surface area (Å²) in [5.74, 6) is -0.234. The number of hydrogen-bond acceptors (Lipinski definition) is 2. The summed E-state index contributed by atoms with van der Waals surface area (Å²) in [6, 6.07) is 7.11. The van der Waals surface area contributed by atoms with Crippen molar-refractivity contribution < 1.29 is 4.39 Å². The van der Waals surface area contributed by atoms with E-state index in [0.29, 0.717) is 18.7 Å². The zero-order chi connectivity index (χ0) is 10.4. The van der Waals surface area contributed by atoms with Crippen LogP contribution in [-0.4, -0.2) is 6.54 Å². The lowest BCUT2D eigenvalue weighted by Gasteiger charge is -2.06. The maximum absolute atomic E-state index is 13.2. The monoisotopic (exact) mass is 192 g/mol. The van der Waals surface area contributed by atoms with E-state index in [2.05, 4.69) is 5.32 Å². The highest BCUT2D eigenvalue weighted by Gasteiger charge is 2.00. The molecule has 0 radical (unpaired) electrons. The Bertz CT molecular complexity index is 342. The Labute approximate surface area is 83.4 Å². The Balaban J connectivity index is 2.47. The summed E-state index contributed by atoms with van der Waals surface area (Å²) in [6.07, 6.45) is 1.24. The minimum atomic E-state index is -0.234. The van der Waals surface area contributed by atoms with Crippen molar-refractivity contribution in [2.45, 2.75) is 19.8 Å². The molecule has 0 saturated heterocycles. The van der Waals surface area contributed by atoms with Crippen LogP contribution in [0.2, 0.25) is 0 Å². The molecule has 0 aromatic heterocycles. The van der Waals surface area contributed by atoms with E-state index in [1.54, 1.807) is 6.07 Å². The van der Waals surface area contributed by atoms with Gasteiger partial charge in [-0.2, -0.15) is 5.26 Å². The largest absolute Gasteiger partial charge is 0.383 e. The van der Waals surface area contributed by atoms with Gasteiger partial charge in [-0.25, -0.2) is 4.39 Å². The molecule has 1 N–H and O–H groups in total. The van der Waals surface area contributed by atoms with Gasteiger partial charge in [0.15, 0.2) is 0 Å². The molecule has 0 atom stereocenters. The molecule has 0 unspecified atom stereocenters. The van der Waals surface area contributed by atoms with Crippen LogP contribution in [-0.2, 0) is 0 Å². The number of aryl methyl sites for hydroxylation is 1. The van der Waals surface area contributed by atoms with Crippen LogP contribution in [0.15, 0.2) is 18.2 Å². The predicted octanol–water partition coefficient (Wildman–Crippen LogP) is 2.85. The van der Waals surface area contributed by atoms with E-state index in [-0.39, 0.29) is 5.82 Å². The van der Waals surface area contributed by atoms with Gasteiger partial charge in [-0.1, -0.05) is 6.07 Å². The van der Waals surface area contributed by atoms with Crippen LogP contribution in [0.4, 0.5) is 10.1 Å². The molecule has 1 rings (SSSR count). The number of rotatable bonds is 4. The van der Waals surface area contributed by atoms with Crippen molar-refractivity contribution in [1.82, 2.24) is 0 Å². The first-order chi connectivity index (χ1) is 6.74. The fourth-order valence-electron chi connectivity index (χ4n) is 1.15. The second kappa shape index (κ2) is 5.23. The van der Waals surface area contributed by atoms with Crippen LogP contribution in [0.3, 0.4) is 0 Å². The molecular weight excluding hydrogens is 179 g/mol. The van der Waals surface area contributed by atoms with Gasteiger partial charge in [-0.15, -0.1) is 0 Å². The first-order valence-electron chi connectivity index (χ1n) is 4.61. The molecule has 74 valence electrons. The van der Waals surface area contributed by atoms with E-state index in [1.807, 2.05) is 19.1 Å². The number of nitriles is 1. The van der Waals surface area contributed by atoms with Crippen molar-refractivity contribution in [2.24, 2.45) is 0 Å². The lowest BCUT2D eigenvalue weighted by atomic mass is 10.2. The van der Waals surface area contributed by atoms with Gasteiger partial charge < -0.3 is 5.32 Å². The third kappa shape index (κ3) is 3.06. The Morgan fingerprint density at radius 1 is 1.50 bits per heavy atom. The summed E-state index contributed by atoms with van der Waals surface area (Å²) in [5, 5.41) is 11.3. The van der Waals surface area contributed by atoms with Gasteiger partial charge in [-0.3, -0.25) is 0 Å². The van der Waals surface area contributed by atoms with Crippen LogP contribution in [0.1, 0.15) is 18.4 Å². The first kappa shape index (κ1) is 10.5. The van der Waals surface area contributed by atoms with Gasteiger partial charge >= 0.3 is 0 Å². The molecule has 0 bridgehead atoms. The van der Waals surface area contributed by atoms with E-state index in [1.165, 1.54) is 6.07 Å². The average molecular weight is 192 g/mol. The molecule has 0 saturated carbocycles. The normalized spacial score (nSPS) is 9.50. The fourth-order valence-corrected chi connectivity index (χ4v) is 1.15. The van der Waals surface area contributed by atoms with Crippen LogP contribution in [0.5, 0.6) is 0 Å². The lowest BCUT2D eigenvalue weighted by molar-refractivity contribution is 0.628. The summed E-state index contributed by atoms with van der Waals surface area (Å²) in [5.41, 5.74) is 1.42. The number of halogens is 1. The molecule has 0 fully saturated rings. The molecule has 1 aromatic rings. The van der Waals surface area contributed by atoms with E-state index in [9.17, 15) is 4.39 Å². The smallest absolute Gasteiger partial charge is 0.146 e. The third-order valence-electron chi connectivity index (χ3n) is 1.91. The summed E-state index contributed by atoms with van der Waals surface area (Å²) in [7, 11) is 0. The van der Waals surface area contributed by atoms with Crippen molar-refractivity contribution in [3.63, 3.8) is 0 Å². The van der Waals surface area contributed by atoms with E-state index in [4.69, 9.17) is 5.26 Å². The zero-order valence-corrected chi connectivity index (χ0v) is 8.18. The molecule has 2 nitrogen and oxygen atoms in total. The SMILES string of the molecule is Cc1ccc(NCCCC#N)c(F)c1. The first-order valence-corrected chi connectivity index (χ1v) is 4.61. The molecule has 0 heterocycles. The fraction of sp³-hybridized carbons (Fsp3) is 0.364.